The Labute approximate surface area is 165 Å². The van der Waals surface area contributed by atoms with E-state index in [9.17, 15) is 9.90 Å². The van der Waals surface area contributed by atoms with Gasteiger partial charge in [0.05, 0.1) is 23.5 Å². The summed E-state index contributed by atoms with van der Waals surface area (Å²) in [6.07, 6.45) is 7.79. The predicted octanol–water partition coefficient (Wildman–Crippen LogP) is 3.18. The Kier molecular flexibility index (Phi) is 4.85. The molecule has 0 aliphatic carbocycles. The minimum Gasteiger partial charge on any atom is -0.481 e. The van der Waals surface area contributed by atoms with Crippen LogP contribution in [0.2, 0.25) is 0 Å². The number of aliphatic carboxylic acids is 1. The van der Waals surface area contributed by atoms with Crippen molar-refractivity contribution in [2.75, 3.05) is 13.1 Å². The van der Waals surface area contributed by atoms with E-state index in [-0.39, 0.29) is 5.92 Å². The van der Waals surface area contributed by atoms with E-state index in [1.165, 1.54) is 37.6 Å². The number of carboxylic acid groups (broad SMARTS) is 1. The monoisotopic (exact) mass is 382 g/mol. The number of hydrogen-bond acceptors (Lipinski definition) is 4. The maximum Gasteiger partial charge on any atom is 0.306 e. The van der Waals surface area contributed by atoms with Crippen LogP contribution in [-0.2, 0) is 11.3 Å². The Morgan fingerprint density at radius 3 is 2.54 bits per heavy atom. The van der Waals surface area contributed by atoms with Crippen LogP contribution in [0.15, 0.2) is 24.3 Å². The molecule has 0 spiro atoms. The van der Waals surface area contributed by atoms with Crippen LogP contribution < -0.4 is 5.32 Å². The fourth-order valence-electron chi connectivity index (χ4n) is 5.60. The summed E-state index contributed by atoms with van der Waals surface area (Å²) >= 11 is 0. The summed E-state index contributed by atoms with van der Waals surface area (Å²) in [4.78, 5) is 18.7. The zero-order valence-corrected chi connectivity index (χ0v) is 16.4. The van der Waals surface area contributed by atoms with Gasteiger partial charge in [0.25, 0.3) is 0 Å². The van der Waals surface area contributed by atoms with Gasteiger partial charge in [0.2, 0.25) is 0 Å². The number of nitrogens with one attached hydrogen (secondary N) is 1. The van der Waals surface area contributed by atoms with Gasteiger partial charge >= 0.3 is 5.97 Å². The molecule has 0 saturated carbocycles. The van der Waals surface area contributed by atoms with Gasteiger partial charge in [-0.15, -0.1) is 0 Å². The molecular formula is C22H30N4O2. The number of carbonyl (C=O) groups is 1. The van der Waals surface area contributed by atoms with Crippen molar-refractivity contribution in [3.05, 3.63) is 30.1 Å². The Morgan fingerprint density at radius 2 is 1.82 bits per heavy atom. The highest BCUT2D eigenvalue weighted by atomic mass is 16.4. The number of imidazole rings is 1. The summed E-state index contributed by atoms with van der Waals surface area (Å²) in [5.41, 5.74) is 2.34. The molecule has 28 heavy (non-hydrogen) atoms. The summed E-state index contributed by atoms with van der Waals surface area (Å²) in [5.74, 6) is 0.326. The van der Waals surface area contributed by atoms with E-state index < -0.39 is 5.97 Å². The largest absolute Gasteiger partial charge is 0.481 e. The quantitative estimate of drug-likeness (QED) is 0.850. The lowest BCUT2D eigenvalue weighted by Gasteiger charge is -2.41. The Bertz CT molecular complexity index is 843. The van der Waals surface area contributed by atoms with Gasteiger partial charge in [0.1, 0.15) is 5.82 Å². The number of aromatic nitrogens is 2. The van der Waals surface area contributed by atoms with E-state index in [4.69, 9.17) is 4.98 Å². The molecule has 4 heterocycles. The zero-order valence-electron chi connectivity index (χ0n) is 16.4. The number of hydrogen-bond donors (Lipinski definition) is 2. The highest BCUT2D eigenvalue weighted by Gasteiger charge is 2.34. The molecule has 5 rings (SSSR count). The normalized spacial score (nSPS) is 29.2. The van der Waals surface area contributed by atoms with Crippen LogP contribution in [0.4, 0.5) is 0 Å². The predicted molar refractivity (Wildman–Crippen MR) is 108 cm³/mol. The Balaban J connectivity index is 1.41. The average Bonchev–Trinajstić information content (AvgIpc) is 3.06. The molecule has 3 fully saturated rings. The molecule has 0 amide bonds. The van der Waals surface area contributed by atoms with E-state index in [0.717, 1.165) is 43.8 Å². The summed E-state index contributed by atoms with van der Waals surface area (Å²) in [5, 5.41) is 13.1. The van der Waals surface area contributed by atoms with Crippen LogP contribution in [0.25, 0.3) is 11.0 Å². The summed E-state index contributed by atoms with van der Waals surface area (Å²) in [6.45, 7) is 2.51. The summed E-state index contributed by atoms with van der Waals surface area (Å²) < 4.78 is 2.52. The summed E-state index contributed by atoms with van der Waals surface area (Å²) in [7, 11) is 0. The molecule has 2 N–H and O–H groups in total. The van der Waals surface area contributed by atoms with E-state index in [0.29, 0.717) is 18.1 Å². The van der Waals surface area contributed by atoms with E-state index in [1.807, 2.05) is 0 Å². The fraction of sp³-hybridized carbons (Fsp3) is 0.636. The van der Waals surface area contributed by atoms with Gasteiger partial charge in [-0.2, -0.15) is 0 Å². The van der Waals surface area contributed by atoms with Crippen molar-refractivity contribution in [3.8, 4) is 0 Å². The van der Waals surface area contributed by atoms with E-state index in [2.05, 4.69) is 39.0 Å². The van der Waals surface area contributed by atoms with Gasteiger partial charge < -0.3 is 15.0 Å². The number of benzene rings is 1. The molecule has 2 unspecified atom stereocenters. The fourth-order valence-corrected chi connectivity index (χ4v) is 5.60. The third-order valence-corrected chi connectivity index (χ3v) is 7.03. The number of rotatable bonds is 4. The second-order valence-corrected chi connectivity index (χ2v) is 8.89. The van der Waals surface area contributed by atoms with Crippen molar-refractivity contribution < 1.29 is 9.90 Å². The van der Waals surface area contributed by atoms with Gasteiger partial charge in [-0.25, -0.2) is 4.98 Å². The van der Waals surface area contributed by atoms with Gasteiger partial charge in [0, 0.05) is 18.1 Å². The minimum atomic E-state index is -0.645. The SMILES string of the molecule is O=C(O)C1CCN(Cc2nc3ccccc3n2C2CC3CCCC(C2)N3)CC1. The Hall–Kier alpha value is -1.92. The second-order valence-electron chi connectivity index (χ2n) is 8.89. The van der Waals surface area contributed by atoms with Gasteiger partial charge in [0.15, 0.2) is 0 Å². The Morgan fingerprint density at radius 1 is 1.11 bits per heavy atom. The first-order valence-electron chi connectivity index (χ1n) is 10.8. The molecule has 2 bridgehead atoms. The molecular weight excluding hydrogens is 352 g/mol. The van der Waals surface area contributed by atoms with Crippen molar-refractivity contribution >= 4 is 17.0 Å². The number of nitrogens with zero attached hydrogens (tertiary/aromatic N) is 3. The molecule has 0 radical (unpaired) electrons. The van der Waals surface area contributed by atoms with Crippen LogP contribution >= 0.6 is 0 Å². The van der Waals surface area contributed by atoms with Crippen LogP contribution in [0.3, 0.4) is 0 Å². The summed E-state index contributed by atoms with van der Waals surface area (Å²) in [6, 6.07) is 10.3. The van der Waals surface area contributed by atoms with Crippen molar-refractivity contribution in [1.82, 2.24) is 19.8 Å². The lowest BCUT2D eigenvalue weighted by Crippen LogP contribution is -2.49. The van der Waals surface area contributed by atoms with Crippen LogP contribution in [0.1, 0.15) is 56.8 Å². The lowest BCUT2D eigenvalue weighted by molar-refractivity contribution is -0.143. The molecule has 1 aromatic heterocycles. The molecule has 2 atom stereocenters. The molecule has 3 aliphatic heterocycles. The standard InChI is InChI=1S/C22H30N4O2/c27-22(28)15-8-10-25(11-9-15)14-21-24-19-6-1-2-7-20(19)26(21)18-12-16-4-3-5-17(13-18)23-16/h1-2,6-7,15-18,23H,3-5,8-14H2,(H,27,28). The van der Waals surface area contributed by atoms with Gasteiger partial charge in [-0.3, -0.25) is 9.69 Å². The topological polar surface area (TPSA) is 70.4 Å². The number of fused-ring (bicyclic) bond motifs is 3. The first kappa shape index (κ1) is 18.1. The molecule has 3 aliphatic rings. The van der Waals surface area contributed by atoms with Crippen LogP contribution in [0, 0.1) is 5.92 Å². The van der Waals surface area contributed by atoms with Crippen LogP contribution in [0.5, 0.6) is 0 Å². The number of para-hydroxylation sites is 2. The van der Waals surface area contributed by atoms with Crippen molar-refractivity contribution in [1.29, 1.82) is 0 Å². The minimum absolute atomic E-state index is 0.182. The third kappa shape index (κ3) is 3.44. The smallest absolute Gasteiger partial charge is 0.306 e. The maximum absolute atomic E-state index is 11.3. The molecule has 150 valence electrons. The molecule has 2 aromatic rings. The molecule has 3 saturated heterocycles. The third-order valence-electron chi connectivity index (χ3n) is 7.03. The first-order valence-corrected chi connectivity index (χ1v) is 10.8. The first-order chi connectivity index (χ1) is 13.7. The lowest BCUT2D eigenvalue weighted by atomic mass is 9.84. The average molecular weight is 383 g/mol. The van der Waals surface area contributed by atoms with Crippen molar-refractivity contribution in [3.63, 3.8) is 0 Å². The number of piperidine rings is 3. The number of carboxylic acids is 1. The maximum atomic E-state index is 11.3. The molecule has 1 aromatic carbocycles. The highest BCUT2D eigenvalue weighted by Crippen LogP contribution is 2.36. The zero-order chi connectivity index (χ0) is 19.1. The second kappa shape index (κ2) is 7.48. The van der Waals surface area contributed by atoms with E-state index in [1.54, 1.807) is 0 Å². The van der Waals surface area contributed by atoms with Gasteiger partial charge in [-0.1, -0.05) is 18.6 Å². The van der Waals surface area contributed by atoms with Crippen LogP contribution in [-0.4, -0.2) is 50.7 Å². The van der Waals surface area contributed by atoms with Crippen molar-refractivity contribution in [2.24, 2.45) is 5.92 Å². The highest BCUT2D eigenvalue weighted by molar-refractivity contribution is 5.76. The van der Waals surface area contributed by atoms with E-state index >= 15 is 0 Å². The number of likely N-dealkylation sites (tertiary alicyclic amines) is 1. The molecule has 6 heteroatoms. The van der Waals surface area contributed by atoms with Gasteiger partial charge in [-0.05, 0) is 63.7 Å². The van der Waals surface area contributed by atoms with Crippen molar-refractivity contribution in [2.45, 2.75) is 69.6 Å². The molecule has 6 nitrogen and oxygen atoms in total.